The van der Waals surface area contributed by atoms with Gasteiger partial charge in [-0.25, -0.2) is 4.98 Å². The van der Waals surface area contributed by atoms with E-state index in [0.717, 1.165) is 24.5 Å². The van der Waals surface area contributed by atoms with E-state index in [2.05, 4.69) is 32.7 Å². The van der Waals surface area contributed by atoms with E-state index >= 15 is 0 Å². The van der Waals surface area contributed by atoms with Crippen LogP contribution in [-0.4, -0.2) is 37.2 Å². The molecular weight excluding hydrogens is 378 g/mol. The van der Waals surface area contributed by atoms with Crippen molar-refractivity contribution in [2.45, 2.75) is 0 Å². The number of carbonyl (C=O) groups is 1. The first kappa shape index (κ1) is 19.4. The van der Waals surface area contributed by atoms with E-state index in [1.165, 1.54) is 6.20 Å². The van der Waals surface area contributed by atoms with Crippen LogP contribution < -0.4 is 15.5 Å². The number of benzene rings is 2. The Labute approximate surface area is 174 Å². The van der Waals surface area contributed by atoms with Crippen molar-refractivity contribution < 1.29 is 9.53 Å². The smallest absolute Gasteiger partial charge is 0.257 e. The summed E-state index contributed by atoms with van der Waals surface area (Å²) in [6, 6.07) is 20.4. The second-order valence-electron chi connectivity index (χ2n) is 6.82. The number of morpholine rings is 1. The minimum Gasteiger partial charge on any atom is -0.378 e. The monoisotopic (exact) mass is 399 g/mol. The summed E-state index contributed by atoms with van der Waals surface area (Å²) in [5.74, 6) is 0.372. The molecule has 1 saturated heterocycles. The normalized spacial score (nSPS) is 13.4. The van der Waals surface area contributed by atoms with Gasteiger partial charge in [0.25, 0.3) is 5.91 Å². The third-order valence-corrected chi connectivity index (χ3v) is 4.79. The lowest BCUT2D eigenvalue weighted by Gasteiger charge is -2.30. The van der Waals surface area contributed by atoms with Crippen LogP contribution in [0.5, 0.6) is 0 Å². The van der Waals surface area contributed by atoms with Gasteiger partial charge in [0.1, 0.15) is 5.82 Å². The molecule has 4 rings (SSSR count). The van der Waals surface area contributed by atoms with Crippen LogP contribution in [-0.2, 0) is 4.74 Å². The average molecular weight is 399 g/mol. The highest BCUT2D eigenvalue weighted by molar-refractivity contribution is 6.04. The fraction of sp³-hybridized carbons (Fsp3) is 0.174. The lowest BCUT2D eigenvalue weighted by Crippen LogP contribution is -2.36. The van der Waals surface area contributed by atoms with Crippen LogP contribution in [0.2, 0.25) is 0 Å². The summed E-state index contributed by atoms with van der Waals surface area (Å²) in [5, 5.41) is 15.1. The number of nitriles is 1. The molecule has 0 atom stereocenters. The van der Waals surface area contributed by atoms with Gasteiger partial charge in [-0.1, -0.05) is 18.2 Å². The highest BCUT2D eigenvalue weighted by atomic mass is 16.5. The van der Waals surface area contributed by atoms with Gasteiger partial charge in [-0.2, -0.15) is 5.26 Å². The lowest BCUT2D eigenvalue weighted by molar-refractivity contribution is 0.102. The van der Waals surface area contributed by atoms with Gasteiger partial charge in [0.15, 0.2) is 0 Å². The van der Waals surface area contributed by atoms with Crippen LogP contribution in [0.25, 0.3) is 0 Å². The Hall–Kier alpha value is -3.89. The SMILES string of the molecule is N#Cc1cccc(NC(=O)c2ccc(Nc3ccccc3N3CCOCC3)nc2)c1. The van der Waals surface area contributed by atoms with Crippen molar-refractivity contribution in [1.82, 2.24) is 4.98 Å². The zero-order valence-corrected chi connectivity index (χ0v) is 16.3. The average Bonchev–Trinajstić information content (AvgIpc) is 2.80. The van der Waals surface area contributed by atoms with Crippen molar-refractivity contribution in [1.29, 1.82) is 5.26 Å². The van der Waals surface area contributed by atoms with Crippen molar-refractivity contribution >= 4 is 28.8 Å². The number of hydrogen-bond acceptors (Lipinski definition) is 6. The first-order chi connectivity index (χ1) is 14.7. The van der Waals surface area contributed by atoms with Gasteiger partial charge in [-0.3, -0.25) is 4.79 Å². The maximum absolute atomic E-state index is 12.5. The Balaban J connectivity index is 1.45. The number of carbonyl (C=O) groups excluding carboxylic acids is 1. The number of nitrogens with one attached hydrogen (secondary N) is 2. The molecule has 2 aromatic carbocycles. The molecule has 3 aromatic rings. The highest BCUT2D eigenvalue weighted by Gasteiger charge is 2.15. The minimum atomic E-state index is -0.280. The Morgan fingerprint density at radius 3 is 2.67 bits per heavy atom. The minimum absolute atomic E-state index is 0.280. The maximum Gasteiger partial charge on any atom is 0.257 e. The third-order valence-electron chi connectivity index (χ3n) is 4.79. The van der Waals surface area contributed by atoms with Crippen molar-refractivity contribution in [2.24, 2.45) is 0 Å². The van der Waals surface area contributed by atoms with E-state index in [1.807, 2.05) is 18.2 Å². The topological polar surface area (TPSA) is 90.3 Å². The second-order valence-corrected chi connectivity index (χ2v) is 6.82. The Morgan fingerprint density at radius 2 is 1.90 bits per heavy atom. The number of ether oxygens (including phenoxy) is 1. The number of anilines is 4. The second kappa shape index (κ2) is 9.07. The Bertz CT molecular complexity index is 1070. The molecule has 2 N–H and O–H groups in total. The summed E-state index contributed by atoms with van der Waals surface area (Å²) in [5.41, 5.74) is 3.55. The molecule has 150 valence electrons. The fourth-order valence-electron chi connectivity index (χ4n) is 3.27. The zero-order valence-electron chi connectivity index (χ0n) is 16.3. The predicted molar refractivity (Wildman–Crippen MR) is 116 cm³/mol. The molecule has 2 heterocycles. The van der Waals surface area contributed by atoms with Gasteiger partial charge in [-0.15, -0.1) is 0 Å². The molecule has 30 heavy (non-hydrogen) atoms. The summed E-state index contributed by atoms with van der Waals surface area (Å²) in [6.07, 6.45) is 1.53. The molecule has 0 saturated carbocycles. The first-order valence-corrected chi connectivity index (χ1v) is 9.69. The van der Waals surface area contributed by atoms with Crippen molar-refractivity contribution in [3.63, 3.8) is 0 Å². The van der Waals surface area contributed by atoms with Crippen molar-refractivity contribution in [3.8, 4) is 6.07 Å². The van der Waals surface area contributed by atoms with Crippen LogP contribution in [0.4, 0.5) is 22.9 Å². The number of aromatic nitrogens is 1. The zero-order chi connectivity index (χ0) is 20.8. The molecule has 0 bridgehead atoms. The van der Waals surface area contributed by atoms with E-state index in [4.69, 9.17) is 10.00 Å². The van der Waals surface area contributed by atoms with Crippen LogP contribution in [0.15, 0.2) is 66.9 Å². The van der Waals surface area contributed by atoms with Gasteiger partial charge in [-0.05, 0) is 42.5 Å². The lowest BCUT2D eigenvalue weighted by atomic mass is 10.2. The van der Waals surface area contributed by atoms with Crippen LogP contribution in [0, 0.1) is 11.3 Å². The molecule has 1 fully saturated rings. The summed E-state index contributed by atoms with van der Waals surface area (Å²) < 4.78 is 5.44. The standard InChI is InChI=1S/C23H21N5O2/c24-15-17-4-3-5-19(14-17)26-23(29)18-8-9-22(25-16-18)27-20-6-1-2-7-21(20)28-10-12-30-13-11-28/h1-9,14,16H,10-13H2,(H,25,27)(H,26,29). The molecule has 0 aliphatic carbocycles. The molecule has 0 spiro atoms. The van der Waals surface area contributed by atoms with Crippen LogP contribution in [0.1, 0.15) is 15.9 Å². The summed E-state index contributed by atoms with van der Waals surface area (Å²) in [7, 11) is 0. The number of para-hydroxylation sites is 2. The van der Waals surface area contributed by atoms with E-state index in [1.54, 1.807) is 36.4 Å². The van der Waals surface area contributed by atoms with Gasteiger partial charge in [0.05, 0.1) is 41.8 Å². The number of pyridine rings is 1. The third kappa shape index (κ3) is 4.57. The summed E-state index contributed by atoms with van der Waals surface area (Å²) >= 11 is 0. The van der Waals surface area contributed by atoms with Crippen molar-refractivity contribution in [2.75, 3.05) is 41.8 Å². The van der Waals surface area contributed by atoms with Gasteiger partial charge in [0.2, 0.25) is 0 Å². The largest absolute Gasteiger partial charge is 0.378 e. The van der Waals surface area contributed by atoms with E-state index in [0.29, 0.717) is 35.8 Å². The molecule has 0 radical (unpaired) electrons. The number of rotatable bonds is 5. The molecule has 1 aliphatic heterocycles. The molecule has 1 aromatic heterocycles. The number of amides is 1. The molecule has 1 amide bonds. The maximum atomic E-state index is 12.5. The Kier molecular flexibility index (Phi) is 5.88. The molecule has 1 aliphatic rings. The molecule has 7 nitrogen and oxygen atoms in total. The molecular formula is C23H21N5O2. The molecule has 0 unspecified atom stereocenters. The van der Waals surface area contributed by atoms with Crippen molar-refractivity contribution in [3.05, 3.63) is 78.0 Å². The van der Waals surface area contributed by atoms with E-state index in [9.17, 15) is 4.79 Å². The van der Waals surface area contributed by atoms with Crippen LogP contribution >= 0.6 is 0 Å². The fourth-order valence-corrected chi connectivity index (χ4v) is 3.27. The van der Waals surface area contributed by atoms with E-state index in [-0.39, 0.29) is 5.91 Å². The summed E-state index contributed by atoms with van der Waals surface area (Å²) in [4.78, 5) is 19.1. The summed E-state index contributed by atoms with van der Waals surface area (Å²) in [6.45, 7) is 3.12. The number of nitrogens with zero attached hydrogens (tertiary/aromatic N) is 3. The Morgan fingerprint density at radius 1 is 1.07 bits per heavy atom. The number of hydrogen-bond donors (Lipinski definition) is 2. The quantitative estimate of drug-likeness (QED) is 0.678. The highest BCUT2D eigenvalue weighted by Crippen LogP contribution is 2.28. The van der Waals surface area contributed by atoms with Crippen LogP contribution in [0.3, 0.4) is 0 Å². The first-order valence-electron chi connectivity index (χ1n) is 9.69. The van der Waals surface area contributed by atoms with Gasteiger partial charge >= 0.3 is 0 Å². The van der Waals surface area contributed by atoms with E-state index < -0.39 is 0 Å². The van der Waals surface area contributed by atoms with Gasteiger partial charge in [0, 0.05) is 25.0 Å². The molecule has 7 heteroatoms. The predicted octanol–water partition coefficient (Wildman–Crippen LogP) is 3.79. The van der Waals surface area contributed by atoms with Gasteiger partial charge < -0.3 is 20.3 Å².